The molecule has 13 heteroatoms. The summed E-state index contributed by atoms with van der Waals surface area (Å²) in [4.78, 5) is 11.5. The van der Waals surface area contributed by atoms with Crippen molar-refractivity contribution in [2.24, 2.45) is 0 Å². The van der Waals surface area contributed by atoms with E-state index in [1.54, 1.807) is 32.0 Å². The van der Waals surface area contributed by atoms with Crippen LogP contribution in [0.25, 0.3) is 11.1 Å². The molecule has 4 N–H and O–H groups in total. The maximum absolute atomic E-state index is 11.9. The van der Waals surface area contributed by atoms with E-state index in [1.165, 1.54) is 18.2 Å². The molecule has 0 saturated carbocycles. The van der Waals surface area contributed by atoms with Crippen molar-refractivity contribution in [2.75, 3.05) is 19.8 Å². The SMILES string of the molecule is CCNC(=O)COc1ccc(-c2ccc(OCC(=N)CC)c(S(=O)(=O)O)c2)cc1SOOO. The number of benzene rings is 2. The summed E-state index contributed by atoms with van der Waals surface area (Å²) in [6, 6.07) is 8.85. The standard InChI is InChI=1S/C20H24N2O9S2/c1-3-15(21)11-28-17-8-6-14(10-19(17)33(25,26)27)13-5-7-16(18(9-13)32-31-30-24)29-12-20(23)22-4-2/h5-10,21,24H,3-4,11-12H2,1-2H3,(H,22,23)(H,25,26,27). The summed E-state index contributed by atoms with van der Waals surface area (Å²) < 4.78 is 48.8. The molecule has 0 spiro atoms. The van der Waals surface area contributed by atoms with E-state index in [1.807, 2.05) is 0 Å². The maximum atomic E-state index is 11.9. The molecule has 0 fully saturated rings. The van der Waals surface area contributed by atoms with Crippen molar-refractivity contribution in [2.45, 2.75) is 30.1 Å². The topological polar surface area (TPSA) is 164 Å². The number of hydrogen-bond acceptors (Lipinski definition) is 10. The first kappa shape index (κ1) is 26.6. The molecule has 0 saturated heterocycles. The molecule has 0 aliphatic rings. The van der Waals surface area contributed by atoms with Gasteiger partial charge in [0.15, 0.2) is 6.61 Å². The molecule has 0 radical (unpaired) electrons. The number of rotatable bonds is 13. The summed E-state index contributed by atoms with van der Waals surface area (Å²) >= 11 is 0.603. The average molecular weight is 501 g/mol. The van der Waals surface area contributed by atoms with E-state index < -0.39 is 15.0 Å². The molecule has 2 aromatic carbocycles. The van der Waals surface area contributed by atoms with Crippen LogP contribution in [0, 0.1) is 5.41 Å². The summed E-state index contributed by atoms with van der Waals surface area (Å²) in [5.41, 5.74) is 1.17. The Morgan fingerprint density at radius 3 is 2.30 bits per heavy atom. The van der Waals surface area contributed by atoms with Crippen LogP contribution in [-0.2, 0) is 24.3 Å². The van der Waals surface area contributed by atoms with Gasteiger partial charge < -0.3 is 20.2 Å². The van der Waals surface area contributed by atoms with E-state index in [0.717, 1.165) is 0 Å². The average Bonchev–Trinajstić information content (AvgIpc) is 2.79. The normalized spacial score (nSPS) is 11.2. The first-order valence-electron chi connectivity index (χ1n) is 9.68. The zero-order valence-electron chi connectivity index (χ0n) is 17.9. The van der Waals surface area contributed by atoms with Gasteiger partial charge in [0.2, 0.25) is 0 Å². The van der Waals surface area contributed by atoms with Gasteiger partial charge in [-0.25, -0.2) is 5.26 Å². The predicted octanol–water partition coefficient (Wildman–Crippen LogP) is 3.35. The third kappa shape index (κ3) is 7.99. The van der Waals surface area contributed by atoms with Crippen LogP contribution in [0.2, 0.25) is 0 Å². The Bertz CT molecular complexity index is 1090. The highest BCUT2D eigenvalue weighted by molar-refractivity contribution is 7.94. The van der Waals surface area contributed by atoms with Crippen LogP contribution in [-0.4, -0.2) is 49.6 Å². The Labute approximate surface area is 195 Å². The number of nitrogens with one attached hydrogen (secondary N) is 2. The van der Waals surface area contributed by atoms with Gasteiger partial charge >= 0.3 is 0 Å². The van der Waals surface area contributed by atoms with E-state index >= 15 is 0 Å². The second-order valence-corrected chi connectivity index (χ2v) is 8.64. The van der Waals surface area contributed by atoms with E-state index in [9.17, 15) is 17.8 Å². The summed E-state index contributed by atoms with van der Waals surface area (Å²) in [6.45, 7) is 3.61. The molecule has 2 rings (SSSR count). The molecule has 0 heterocycles. The van der Waals surface area contributed by atoms with Gasteiger partial charge in [0.1, 0.15) is 23.0 Å². The summed E-state index contributed by atoms with van der Waals surface area (Å²) in [5, 5.41) is 22.4. The van der Waals surface area contributed by atoms with Crippen molar-refractivity contribution in [3.8, 4) is 22.6 Å². The molecule has 0 aromatic heterocycles. The number of likely N-dealkylation sites (N-methyl/N-ethyl adjacent to an activating group) is 1. The highest BCUT2D eigenvalue weighted by Crippen LogP contribution is 2.36. The largest absolute Gasteiger partial charge is 0.486 e. The number of ether oxygens (including phenoxy) is 2. The van der Waals surface area contributed by atoms with Gasteiger partial charge in [0, 0.05) is 12.3 Å². The van der Waals surface area contributed by atoms with Crippen LogP contribution in [0.1, 0.15) is 20.3 Å². The lowest BCUT2D eigenvalue weighted by Gasteiger charge is -2.14. The van der Waals surface area contributed by atoms with Crippen molar-refractivity contribution in [3.63, 3.8) is 0 Å². The van der Waals surface area contributed by atoms with Crippen LogP contribution in [0.4, 0.5) is 0 Å². The molecule has 0 atom stereocenters. The fourth-order valence-electron chi connectivity index (χ4n) is 2.59. The van der Waals surface area contributed by atoms with Gasteiger partial charge in [-0.3, -0.25) is 9.35 Å². The van der Waals surface area contributed by atoms with Gasteiger partial charge in [-0.2, -0.15) is 8.42 Å². The van der Waals surface area contributed by atoms with E-state index in [0.29, 0.717) is 41.0 Å². The maximum Gasteiger partial charge on any atom is 0.298 e. The predicted molar refractivity (Wildman–Crippen MR) is 120 cm³/mol. The minimum atomic E-state index is -4.62. The Kier molecular flexibility index (Phi) is 10.1. The molecule has 11 nitrogen and oxygen atoms in total. The summed E-state index contributed by atoms with van der Waals surface area (Å²) in [5.74, 6) is -0.172. The Balaban J connectivity index is 2.39. The van der Waals surface area contributed by atoms with Gasteiger partial charge in [0.25, 0.3) is 16.0 Å². The second-order valence-electron chi connectivity index (χ2n) is 6.51. The highest BCUT2D eigenvalue weighted by atomic mass is 32.2. The van der Waals surface area contributed by atoms with Crippen molar-refractivity contribution < 1.29 is 41.9 Å². The van der Waals surface area contributed by atoms with Crippen LogP contribution < -0.4 is 14.8 Å². The quantitative estimate of drug-likeness (QED) is 0.105. The molecular weight excluding hydrogens is 476 g/mol. The zero-order chi connectivity index (χ0) is 24.4. The Morgan fingerprint density at radius 2 is 1.70 bits per heavy atom. The molecule has 0 unspecified atom stereocenters. The number of carbonyl (C=O) groups is 1. The molecule has 2 aromatic rings. The third-order valence-electron chi connectivity index (χ3n) is 4.21. The molecular formula is C20H24N2O9S2. The number of carbonyl (C=O) groups excluding carboxylic acids is 1. The smallest absolute Gasteiger partial charge is 0.298 e. The van der Waals surface area contributed by atoms with Gasteiger partial charge in [-0.1, -0.05) is 24.1 Å². The van der Waals surface area contributed by atoms with Crippen molar-refractivity contribution in [3.05, 3.63) is 36.4 Å². The first-order chi connectivity index (χ1) is 15.7. The number of hydrogen-bond donors (Lipinski definition) is 4. The van der Waals surface area contributed by atoms with Crippen LogP contribution >= 0.6 is 12.0 Å². The monoisotopic (exact) mass is 500 g/mol. The van der Waals surface area contributed by atoms with E-state index in [4.69, 9.17) is 20.1 Å². The molecule has 1 amide bonds. The Hall–Kier alpha value is -2.68. The minimum Gasteiger partial charge on any atom is -0.486 e. The molecule has 180 valence electrons. The minimum absolute atomic E-state index is 0.0899. The van der Waals surface area contributed by atoms with Crippen LogP contribution in [0.15, 0.2) is 46.2 Å². The van der Waals surface area contributed by atoms with Crippen LogP contribution in [0.5, 0.6) is 11.5 Å². The van der Waals surface area contributed by atoms with Crippen molar-refractivity contribution in [1.82, 2.24) is 5.32 Å². The fourth-order valence-corrected chi connectivity index (χ4v) is 3.74. The number of amides is 1. The molecule has 0 aliphatic carbocycles. The highest BCUT2D eigenvalue weighted by Gasteiger charge is 2.19. The second kappa shape index (κ2) is 12.5. The van der Waals surface area contributed by atoms with E-state index in [2.05, 4.69) is 14.7 Å². The third-order valence-corrected chi connectivity index (χ3v) is 5.72. The van der Waals surface area contributed by atoms with Crippen LogP contribution in [0.3, 0.4) is 0 Å². The summed E-state index contributed by atoms with van der Waals surface area (Å²) in [7, 11) is -4.62. The lowest BCUT2D eigenvalue weighted by atomic mass is 10.1. The Morgan fingerprint density at radius 1 is 1.06 bits per heavy atom. The lowest BCUT2D eigenvalue weighted by Crippen LogP contribution is -2.28. The van der Waals surface area contributed by atoms with Gasteiger partial charge in [-0.15, -0.1) is 4.33 Å². The van der Waals surface area contributed by atoms with Gasteiger partial charge in [0.05, 0.1) is 16.9 Å². The summed E-state index contributed by atoms with van der Waals surface area (Å²) in [6.07, 6.45) is 0.438. The molecule has 33 heavy (non-hydrogen) atoms. The lowest BCUT2D eigenvalue weighted by molar-refractivity contribution is -0.432. The molecule has 0 bridgehead atoms. The van der Waals surface area contributed by atoms with Crippen molar-refractivity contribution >= 4 is 33.8 Å². The zero-order valence-corrected chi connectivity index (χ0v) is 19.5. The fraction of sp³-hybridized carbons (Fsp3) is 0.300. The van der Waals surface area contributed by atoms with Gasteiger partial charge in [-0.05, 0) is 48.7 Å². The molecule has 0 aliphatic heterocycles. The van der Waals surface area contributed by atoms with E-state index in [-0.39, 0.29) is 36.3 Å². The van der Waals surface area contributed by atoms with Crippen molar-refractivity contribution in [1.29, 1.82) is 5.41 Å². The first-order valence-corrected chi connectivity index (χ1v) is 11.9.